The molecule has 11 heavy (non-hydrogen) atoms. The monoisotopic (exact) mass is 151 g/mol. The van der Waals surface area contributed by atoms with E-state index >= 15 is 0 Å². The van der Waals surface area contributed by atoms with E-state index < -0.39 is 0 Å². The SMILES string of the molecule is BC(/C=C(\C=N)OC)=C(C)C. The number of rotatable bonds is 3. The number of nitrogens with one attached hydrogen (secondary N) is 1. The molecule has 0 rings (SSSR count). The molecule has 0 amide bonds. The Bertz CT molecular complexity index is 202. The molecule has 0 heterocycles. The molecule has 0 aromatic carbocycles. The summed E-state index contributed by atoms with van der Waals surface area (Å²) in [7, 11) is 3.56. The Labute approximate surface area is 68.9 Å². The van der Waals surface area contributed by atoms with Gasteiger partial charge in [0, 0.05) is 0 Å². The first-order valence-electron chi connectivity index (χ1n) is 3.52. The Morgan fingerprint density at radius 1 is 1.45 bits per heavy atom. The van der Waals surface area contributed by atoms with Crippen LogP contribution in [-0.2, 0) is 4.74 Å². The molecule has 0 radical (unpaired) electrons. The lowest BCUT2D eigenvalue weighted by Crippen LogP contribution is -1.90. The molecule has 0 aliphatic rings. The van der Waals surface area contributed by atoms with Crippen molar-refractivity contribution in [2.24, 2.45) is 0 Å². The Balaban J connectivity index is 4.52. The van der Waals surface area contributed by atoms with Gasteiger partial charge in [-0.2, -0.15) is 0 Å². The van der Waals surface area contributed by atoms with Crippen LogP contribution in [0.5, 0.6) is 0 Å². The van der Waals surface area contributed by atoms with Crippen LogP contribution in [0, 0.1) is 5.41 Å². The molecule has 0 aliphatic carbocycles. The van der Waals surface area contributed by atoms with Crippen LogP contribution in [0.15, 0.2) is 22.9 Å². The summed E-state index contributed by atoms with van der Waals surface area (Å²) in [4.78, 5) is 0. The van der Waals surface area contributed by atoms with Gasteiger partial charge < -0.3 is 10.1 Å². The Morgan fingerprint density at radius 3 is 2.27 bits per heavy atom. The minimum absolute atomic E-state index is 0.587. The largest absolute Gasteiger partial charge is 0.495 e. The Hall–Kier alpha value is -0.985. The zero-order valence-corrected chi connectivity index (χ0v) is 7.56. The van der Waals surface area contributed by atoms with Gasteiger partial charge in [-0.25, -0.2) is 0 Å². The van der Waals surface area contributed by atoms with Crippen molar-refractivity contribution < 1.29 is 4.74 Å². The Kier molecular flexibility index (Phi) is 4.35. The predicted molar refractivity (Wildman–Crippen MR) is 50.8 cm³/mol. The van der Waals surface area contributed by atoms with Crippen LogP contribution >= 0.6 is 0 Å². The van der Waals surface area contributed by atoms with Crippen LogP contribution in [0.3, 0.4) is 0 Å². The van der Waals surface area contributed by atoms with Gasteiger partial charge in [0.15, 0.2) is 0 Å². The molecule has 2 nitrogen and oxygen atoms in total. The average molecular weight is 151 g/mol. The van der Waals surface area contributed by atoms with E-state index in [0.29, 0.717) is 5.76 Å². The third kappa shape index (κ3) is 3.66. The van der Waals surface area contributed by atoms with Gasteiger partial charge >= 0.3 is 0 Å². The standard InChI is InChI=1S/C8H14BNO/c1-6(2)8(9)4-7(5-10)11-3/h4-5,10H,9H2,1-3H3/b7-4+,10-5?. The molecule has 0 aromatic rings. The zero-order chi connectivity index (χ0) is 8.85. The van der Waals surface area contributed by atoms with E-state index in [0.717, 1.165) is 5.47 Å². The van der Waals surface area contributed by atoms with Crippen LogP contribution in [-0.4, -0.2) is 21.2 Å². The molecule has 0 spiro atoms. The van der Waals surface area contributed by atoms with E-state index in [1.165, 1.54) is 11.8 Å². The van der Waals surface area contributed by atoms with E-state index in [-0.39, 0.29) is 0 Å². The van der Waals surface area contributed by atoms with Gasteiger partial charge in [-0.1, -0.05) is 11.0 Å². The maximum atomic E-state index is 6.95. The van der Waals surface area contributed by atoms with Crippen LogP contribution in [0.2, 0.25) is 0 Å². The summed E-state index contributed by atoms with van der Waals surface area (Å²) in [5.74, 6) is 0.587. The molecule has 0 unspecified atom stereocenters. The maximum absolute atomic E-state index is 6.95. The van der Waals surface area contributed by atoms with Crippen molar-refractivity contribution in [1.29, 1.82) is 5.41 Å². The van der Waals surface area contributed by atoms with Gasteiger partial charge in [-0.05, 0) is 19.9 Å². The van der Waals surface area contributed by atoms with Crippen LogP contribution in [0.1, 0.15) is 13.8 Å². The van der Waals surface area contributed by atoms with Crippen molar-refractivity contribution in [3.8, 4) is 0 Å². The van der Waals surface area contributed by atoms with E-state index in [2.05, 4.69) is 0 Å². The summed E-state index contributed by atoms with van der Waals surface area (Å²) < 4.78 is 4.90. The topological polar surface area (TPSA) is 33.1 Å². The quantitative estimate of drug-likeness (QED) is 0.278. The summed E-state index contributed by atoms with van der Waals surface area (Å²) in [5.41, 5.74) is 2.38. The summed E-state index contributed by atoms with van der Waals surface area (Å²) in [6.45, 7) is 4.06. The fraction of sp³-hybridized carbons (Fsp3) is 0.375. The van der Waals surface area contributed by atoms with E-state index in [1.54, 1.807) is 7.11 Å². The third-order valence-electron chi connectivity index (χ3n) is 1.53. The number of allylic oxidation sites excluding steroid dienone is 4. The summed E-state index contributed by atoms with van der Waals surface area (Å²) in [6, 6.07) is 0. The number of hydrogen-bond donors (Lipinski definition) is 1. The summed E-state index contributed by atoms with van der Waals surface area (Å²) >= 11 is 0. The number of ether oxygens (including phenoxy) is 1. The average Bonchev–Trinajstić information content (AvgIpc) is 1.99. The second-order valence-electron chi connectivity index (χ2n) is 2.58. The van der Waals surface area contributed by atoms with Crippen molar-refractivity contribution in [2.45, 2.75) is 13.8 Å². The van der Waals surface area contributed by atoms with E-state index in [1.807, 2.05) is 27.8 Å². The number of hydrogen-bond acceptors (Lipinski definition) is 2. The molecule has 3 heteroatoms. The first-order valence-corrected chi connectivity index (χ1v) is 3.52. The van der Waals surface area contributed by atoms with E-state index in [9.17, 15) is 0 Å². The van der Waals surface area contributed by atoms with Crippen LogP contribution in [0.4, 0.5) is 0 Å². The predicted octanol–water partition coefficient (Wildman–Crippen LogP) is 1.09. The second-order valence-corrected chi connectivity index (χ2v) is 2.58. The number of methoxy groups -OCH3 is 1. The molecule has 0 saturated carbocycles. The van der Waals surface area contributed by atoms with Crippen molar-refractivity contribution in [3.63, 3.8) is 0 Å². The highest BCUT2D eigenvalue weighted by molar-refractivity contribution is 6.24. The lowest BCUT2D eigenvalue weighted by atomic mass is 9.91. The van der Waals surface area contributed by atoms with Crippen molar-refractivity contribution in [2.75, 3.05) is 7.11 Å². The molecule has 0 aromatic heterocycles. The van der Waals surface area contributed by atoms with Crippen LogP contribution < -0.4 is 0 Å². The zero-order valence-electron chi connectivity index (χ0n) is 7.56. The highest BCUT2D eigenvalue weighted by Crippen LogP contribution is 2.03. The van der Waals surface area contributed by atoms with Gasteiger partial charge in [0.1, 0.15) is 13.6 Å². The molecule has 0 saturated heterocycles. The molecular formula is C8H14BNO. The lowest BCUT2D eigenvalue weighted by molar-refractivity contribution is 0.317. The molecule has 0 bridgehead atoms. The van der Waals surface area contributed by atoms with Crippen molar-refractivity contribution >= 4 is 14.1 Å². The van der Waals surface area contributed by atoms with Crippen molar-refractivity contribution in [1.82, 2.24) is 0 Å². The molecule has 1 N–H and O–H groups in total. The molecule has 0 atom stereocenters. The Morgan fingerprint density at radius 2 is 2.00 bits per heavy atom. The van der Waals surface area contributed by atoms with Crippen molar-refractivity contribution in [3.05, 3.63) is 22.9 Å². The summed E-state index contributed by atoms with van der Waals surface area (Å²) in [5, 5.41) is 6.95. The summed E-state index contributed by atoms with van der Waals surface area (Å²) in [6.07, 6.45) is 3.05. The minimum atomic E-state index is 0.587. The normalized spacial score (nSPS) is 10.6. The minimum Gasteiger partial charge on any atom is -0.495 e. The highest BCUT2D eigenvalue weighted by Gasteiger charge is 1.91. The smallest absolute Gasteiger partial charge is 0.139 e. The lowest BCUT2D eigenvalue weighted by Gasteiger charge is -2.00. The van der Waals surface area contributed by atoms with Gasteiger partial charge in [0.25, 0.3) is 0 Å². The third-order valence-corrected chi connectivity index (χ3v) is 1.53. The fourth-order valence-corrected chi connectivity index (χ4v) is 0.517. The fourth-order valence-electron chi connectivity index (χ4n) is 0.517. The van der Waals surface area contributed by atoms with Crippen LogP contribution in [0.25, 0.3) is 0 Å². The molecular weight excluding hydrogens is 137 g/mol. The second kappa shape index (κ2) is 4.77. The first kappa shape index (κ1) is 10.0. The maximum Gasteiger partial charge on any atom is 0.139 e. The van der Waals surface area contributed by atoms with Gasteiger partial charge in [0.2, 0.25) is 0 Å². The molecule has 60 valence electrons. The van der Waals surface area contributed by atoms with E-state index in [4.69, 9.17) is 10.1 Å². The van der Waals surface area contributed by atoms with Gasteiger partial charge in [-0.15, -0.1) is 0 Å². The molecule has 0 fully saturated rings. The highest BCUT2D eigenvalue weighted by atomic mass is 16.5. The molecule has 0 aliphatic heterocycles. The van der Waals surface area contributed by atoms with Gasteiger partial charge in [-0.3, -0.25) is 0 Å². The first-order chi connectivity index (χ1) is 5.11. The van der Waals surface area contributed by atoms with Gasteiger partial charge in [0.05, 0.1) is 13.3 Å².